The fraction of sp³-hybridized carbons (Fsp3) is 0.111. The monoisotopic (exact) mass is 344 g/mol. The molecule has 0 unspecified atom stereocenters. The Morgan fingerprint density at radius 3 is 3.06 bits per heavy atom. The number of hydrogen-bond donors (Lipinski definition) is 1. The first-order valence-corrected chi connectivity index (χ1v) is 6.36. The van der Waals surface area contributed by atoms with Crippen molar-refractivity contribution in [1.29, 1.82) is 0 Å². The summed E-state index contributed by atoms with van der Waals surface area (Å²) in [6, 6.07) is 0. The van der Waals surface area contributed by atoms with Crippen LogP contribution in [0.2, 0.25) is 0 Å². The Labute approximate surface area is 107 Å². The number of halogens is 1. The number of aryl methyl sites for hydroxylation is 1. The molecule has 3 heterocycles. The first-order valence-electron chi connectivity index (χ1n) is 4.47. The van der Waals surface area contributed by atoms with Crippen LogP contribution in [0.1, 0.15) is 5.69 Å². The van der Waals surface area contributed by atoms with Crippen molar-refractivity contribution >= 4 is 54.4 Å². The summed E-state index contributed by atoms with van der Waals surface area (Å²) < 4.78 is 1.29. The third kappa shape index (κ3) is 1.34. The standard InChI is InChI=1S/C9H5IN4OS/c1-3-4-5-6(7(15)12-2-11-5)16-8(4)14-9(10)13-3/h2H,1H3,(H,11,12,15). The van der Waals surface area contributed by atoms with Gasteiger partial charge >= 0.3 is 0 Å². The quantitative estimate of drug-likeness (QED) is 0.499. The first-order chi connectivity index (χ1) is 7.66. The Morgan fingerprint density at radius 2 is 2.25 bits per heavy atom. The molecular formula is C9H5IN4OS. The zero-order valence-corrected chi connectivity index (χ0v) is 11.1. The highest BCUT2D eigenvalue weighted by molar-refractivity contribution is 14.1. The minimum Gasteiger partial charge on any atom is -0.312 e. The molecule has 0 aromatic carbocycles. The molecule has 0 radical (unpaired) electrons. The zero-order valence-electron chi connectivity index (χ0n) is 8.11. The maximum Gasteiger partial charge on any atom is 0.268 e. The van der Waals surface area contributed by atoms with Gasteiger partial charge in [-0.3, -0.25) is 4.79 Å². The number of thiophene rings is 1. The number of aromatic amines is 1. The van der Waals surface area contributed by atoms with Crippen LogP contribution in [0.3, 0.4) is 0 Å². The predicted molar refractivity (Wildman–Crippen MR) is 70.8 cm³/mol. The number of nitrogens with one attached hydrogen (secondary N) is 1. The second-order valence-electron chi connectivity index (χ2n) is 3.27. The van der Waals surface area contributed by atoms with E-state index in [0.717, 1.165) is 15.9 Å². The van der Waals surface area contributed by atoms with Gasteiger partial charge < -0.3 is 4.98 Å². The van der Waals surface area contributed by atoms with Crippen LogP contribution in [0.4, 0.5) is 0 Å². The molecule has 5 nitrogen and oxygen atoms in total. The maximum absolute atomic E-state index is 11.6. The molecule has 0 saturated carbocycles. The lowest BCUT2D eigenvalue weighted by atomic mass is 10.3. The van der Waals surface area contributed by atoms with Crippen LogP contribution in [-0.4, -0.2) is 19.9 Å². The van der Waals surface area contributed by atoms with E-state index in [1.807, 2.05) is 6.92 Å². The van der Waals surface area contributed by atoms with E-state index in [0.29, 0.717) is 14.0 Å². The molecule has 16 heavy (non-hydrogen) atoms. The van der Waals surface area contributed by atoms with Gasteiger partial charge in [-0.2, -0.15) is 0 Å². The van der Waals surface area contributed by atoms with Crippen molar-refractivity contribution in [3.8, 4) is 0 Å². The second kappa shape index (κ2) is 3.45. The van der Waals surface area contributed by atoms with Gasteiger partial charge in [-0.15, -0.1) is 11.3 Å². The lowest BCUT2D eigenvalue weighted by Crippen LogP contribution is -2.03. The van der Waals surface area contributed by atoms with Gasteiger partial charge in [-0.25, -0.2) is 15.0 Å². The molecule has 0 fully saturated rings. The lowest BCUT2D eigenvalue weighted by molar-refractivity contribution is 1.10. The molecule has 3 aromatic heterocycles. The molecule has 0 saturated heterocycles. The molecule has 0 atom stereocenters. The van der Waals surface area contributed by atoms with Crippen molar-refractivity contribution in [2.24, 2.45) is 0 Å². The van der Waals surface area contributed by atoms with E-state index in [1.54, 1.807) is 0 Å². The number of aromatic nitrogens is 4. The van der Waals surface area contributed by atoms with E-state index in [2.05, 4.69) is 42.5 Å². The highest BCUT2D eigenvalue weighted by Gasteiger charge is 2.13. The second-order valence-corrected chi connectivity index (χ2v) is 5.23. The Kier molecular flexibility index (Phi) is 2.18. The summed E-state index contributed by atoms with van der Waals surface area (Å²) in [6.45, 7) is 1.90. The predicted octanol–water partition coefficient (Wildman–Crippen LogP) is 1.84. The van der Waals surface area contributed by atoms with E-state index < -0.39 is 0 Å². The van der Waals surface area contributed by atoms with Crippen molar-refractivity contribution in [3.63, 3.8) is 0 Å². The zero-order chi connectivity index (χ0) is 11.3. The van der Waals surface area contributed by atoms with Crippen molar-refractivity contribution in [2.45, 2.75) is 6.92 Å². The molecule has 80 valence electrons. The molecule has 0 aliphatic carbocycles. The average molecular weight is 344 g/mol. The molecule has 7 heteroatoms. The van der Waals surface area contributed by atoms with Crippen LogP contribution >= 0.6 is 33.9 Å². The highest BCUT2D eigenvalue weighted by Crippen LogP contribution is 2.30. The molecule has 0 aliphatic heterocycles. The van der Waals surface area contributed by atoms with Crippen LogP contribution in [0.15, 0.2) is 11.1 Å². The molecule has 3 rings (SSSR count). The average Bonchev–Trinajstić information content (AvgIpc) is 2.57. The van der Waals surface area contributed by atoms with Gasteiger partial charge in [-0.1, -0.05) is 0 Å². The Balaban J connectivity index is 2.67. The van der Waals surface area contributed by atoms with Gasteiger partial charge in [0, 0.05) is 22.6 Å². The fourth-order valence-corrected chi connectivity index (χ4v) is 3.46. The molecule has 3 aromatic rings. The van der Waals surface area contributed by atoms with Gasteiger partial charge in [0.1, 0.15) is 9.53 Å². The van der Waals surface area contributed by atoms with Crippen LogP contribution in [0.5, 0.6) is 0 Å². The number of nitrogens with zero attached hydrogens (tertiary/aromatic N) is 3. The summed E-state index contributed by atoms with van der Waals surface area (Å²) in [4.78, 5) is 27.8. The van der Waals surface area contributed by atoms with E-state index in [4.69, 9.17) is 0 Å². The summed E-state index contributed by atoms with van der Waals surface area (Å²) >= 11 is 3.42. The van der Waals surface area contributed by atoms with Crippen LogP contribution < -0.4 is 5.56 Å². The maximum atomic E-state index is 11.6. The Morgan fingerprint density at radius 1 is 1.44 bits per heavy atom. The van der Waals surface area contributed by atoms with Crippen LogP contribution in [-0.2, 0) is 0 Å². The fourth-order valence-electron chi connectivity index (χ4n) is 1.62. The third-order valence-electron chi connectivity index (χ3n) is 2.28. The molecule has 1 N–H and O–H groups in total. The topological polar surface area (TPSA) is 71.5 Å². The molecule has 0 aliphatic rings. The normalized spacial score (nSPS) is 11.4. The van der Waals surface area contributed by atoms with E-state index >= 15 is 0 Å². The molecule has 0 spiro atoms. The smallest absolute Gasteiger partial charge is 0.268 e. The van der Waals surface area contributed by atoms with Gasteiger partial charge in [0.2, 0.25) is 0 Å². The van der Waals surface area contributed by atoms with Crippen molar-refractivity contribution in [3.05, 3.63) is 26.2 Å². The lowest BCUT2D eigenvalue weighted by Gasteiger charge is -1.95. The summed E-state index contributed by atoms with van der Waals surface area (Å²) in [5.74, 6) is 0. The molecule has 0 amide bonds. The van der Waals surface area contributed by atoms with Crippen LogP contribution in [0, 0.1) is 10.8 Å². The third-order valence-corrected chi connectivity index (χ3v) is 3.83. The minimum atomic E-state index is -0.123. The number of fused-ring (bicyclic) bond motifs is 3. The van der Waals surface area contributed by atoms with Gasteiger partial charge in [0.25, 0.3) is 5.56 Å². The van der Waals surface area contributed by atoms with E-state index in [-0.39, 0.29) is 5.56 Å². The number of rotatable bonds is 0. The van der Waals surface area contributed by atoms with E-state index in [9.17, 15) is 4.79 Å². The van der Waals surface area contributed by atoms with Gasteiger partial charge in [-0.05, 0) is 6.92 Å². The Bertz CT molecular complexity index is 763. The summed E-state index contributed by atoms with van der Waals surface area (Å²) in [7, 11) is 0. The molecule has 0 bridgehead atoms. The van der Waals surface area contributed by atoms with E-state index in [1.165, 1.54) is 17.7 Å². The largest absolute Gasteiger partial charge is 0.312 e. The van der Waals surface area contributed by atoms with Gasteiger partial charge in [0.15, 0.2) is 3.83 Å². The van der Waals surface area contributed by atoms with Crippen LogP contribution in [0.25, 0.3) is 20.4 Å². The summed E-state index contributed by atoms with van der Waals surface area (Å²) in [5.41, 5.74) is 1.43. The SMILES string of the molecule is Cc1nc(I)nc2sc3c(=O)[nH]cnc3c12. The van der Waals surface area contributed by atoms with Crippen molar-refractivity contribution in [1.82, 2.24) is 19.9 Å². The Hall–Kier alpha value is -1.09. The first kappa shape index (κ1) is 10.1. The summed E-state index contributed by atoms with van der Waals surface area (Å²) in [6.07, 6.45) is 1.41. The number of hydrogen-bond acceptors (Lipinski definition) is 5. The van der Waals surface area contributed by atoms with Crippen molar-refractivity contribution in [2.75, 3.05) is 0 Å². The van der Waals surface area contributed by atoms with Crippen molar-refractivity contribution < 1.29 is 0 Å². The minimum absolute atomic E-state index is 0.123. The summed E-state index contributed by atoms with van der Waals surface area (Å²) in [5, 5.41) is 0.881. The molecular weight excluding hydrogens is 339 g/mol. The van der Waals surface area contributed by atoms with Gasteiger partial charge in [0.05, 0.1) is 22.9 Å². The number of H-pyrrole nitrogens is 1. The highest BCUT2D eigenvalue weighted by atomic mass is 127.